The Morgan fingerprint density at radius 3 is 2.79 bits per heavy atom. The molecule has 3 aliphatic carbocycles. The number of aromatic nitrogens is 1. The monoisotopic (exact) mass is 290 g/mol. The zero-order valence-corrected chi connectivity index (χ0v) is 12.0. The molecule has 1 heterocycles. The molecule has 0 amide bonds. The molecule has 4 unspecified atom stereocenters. The molecule has 98 valence electrons. The number of nitrogens with one attached hydrogen (secondary N) is 1. The van der Waals surface area contributed by atoms with Gasteiger partial charge in [0.25, 0.3) is 0 Å². The van der Waals surface area contributed by atoms with Gasteiger partial charge in [-0.3, -0.25) is 0 Å². The molecule has 0 spiro atoms. The van der Waals surface area contributed by atoms with Crippen molar-refractivity contribution >= 4 is 38.3 Å². The van der Waals surface area contributed by atoms with E-state index in [1.54, 1.807) is 11.3 Å². The number of thiazole rings is 1. The van der Waals surface area contributed by atoms with E-state index in [1.165, 1.54) is 24.0 Å². The van der Waals surface area contributed by atoms with Crippen LogP contribution in [0, 0.1) is 23.7 Å². The summed E-state index contributed by atoms with van der Waals surface area (Å²) in [7, 11) is 0. The van der Waals surface area contributed by atoms with Crippen molar-refractivity contribution in [2.75, 3.05) is 5.32 Å². The molecule has 3 saturated carbocycles. The Morgan fingerprint density at radius 2 is 2.00 bits per heavy atom. The topological polar surface area (TPSA) is 24.9 Å². The summed E-state index contributed by atoms with van der Waals surface area (Å²) in [6.07, 6.45) is 4.45. The molecule has 19 heavy (non-hydrogen) atoms. The fourth-order valence-electron chi connectivity index (χ4n) is 4.62. The van der Waals surface area contributed by atoms with Crippen LogP contribution in [0.25, 0.3) is 10.2 Å². The van der Waals surface area contributed by atoms with E-state index in [0.717, 1.165) is 39.3 Å². The highest BCUT2D eigenvalue weighted by Crippen LogP contribution is 2.66. The van der Waals surface area contributed by atoms with Gasteiger partial charge in [0.15, 0.2) is 5.13 Å². The Bertz CT molecular complexity index is 651. The second-order valence-corrected chi connectivity index (χ2v) is 7.76. The molecule has 2 bridgehead atoms. The highest BCUT2D eigenvalue weighted by Gasteiger charge is 2.65. The van der Waals surface area contributed by atoms with Crippen LogP contribution in [0.5, 0.6) is 0 Å². The second-order valence-electron chi connectivity index (χ2n) is 6.29. The maximum absolute atomic E-state index is 6.03. The van der Waals surface area contributed by atoms with Crippen molar-refractivity contribution in [1.29, 1.82) is 0 Å². The summed E-state index contributed by atoms with van der Waals surface area (Å²) in [5.74, 6) is 3.93. The first kappa shape index (κ1) is 10.9. The van der Waals surface area contributed by atoms with Crippen LogP contribution in [0.3, 0.4) is 0 Å². The summed E-state index contributed by atoms with van der Waals surface area (Å²) in [4.78, 5) is 4.68. The lowest BCUT2D eigenvalue weighted by Crippen LogP contribution is -2.12. The predicted octanol–water partition coefficient (Wildman–Crippen LogP) is 4.41. The zero-order chi connectivity index (χ0) is 12.6. The lowest BCUT2D eigenvalue weighted by Gasteiger charge is -2.08. The summed E-state index contributed by atoms with van der Waals surface area (Å²) in [6, 6.07) is 6.65. The van der Waals surface area contributed by atoms with E-state index >= 15 is 0 Å². The molecule has 4 atom stereocenters. The minimum Gasteiger partial charge on any atom is -0.358 e. The third-order valence-electron chi connectivity index (χ3n) is 5.38. The number of halogens is 1. The van der Waals surface area contributed by atoms with Gasteiger partial charge < -0.3 is 5.32 Å². The van der Waals surface area contributed by atoms with E-state index in [0.29, 0.717) is 6.04 Å². The largest absolute Gasteiger partial charge is 0.358 e. The lowest BCUT2D eigenvalue weighted by molar-refractivity contribution is 0.456. The van der Waals surface area contributed by atoms with Gasteiger partial charge in [-0.25, -0.2) is 4.98 Å². The number of benzene rings is 1. The van der Waals surface area contributed by atoms with Crippen LogP contribution in [0.15, 0.2) is 18.2 Å². The van der Waals surface area contributed by atoms with E-state index in [2.05, 4.69) is 10.3 Å². The number of rotatable bonds is 2. The SMILES string of the molecule is Clc1ccc2nc(NC3C4C5CCC(C5)C34)sc2c1. The van der Waals surface area contributed by atoms with Crippen molar-refractivity contribution in [2.24, 2.45) is 23.7 Å². The van der Waals surface area contributed by atoms with Gasteiger partial charge in [-0.05, 0) is 61.1 Å². The number of hydrogen-bond acceptors (Lipinski definition) is 3. The van der Waals surface area contributed by atoms with Gasteiger partial charge in [-0.15, -0.1) is 0 Å². The van der Waals surface area contributed by atoms with Crippen molar-refractivity contribution in [2.45, 2.75) is 25.3 Å². The molecule has 2 aromatic rings. The maximum Gasteiger partial charge on any atom is 0.184 e. The Morgan fingerprint density at radius 1 is 1.21 bits per heavy atom. The molecule has 5 rings (SSSR count). The third-order valence-corrected chi connectivity index (χ3v) is 6.56. The number of fused-ring (bicyclic) bond motifs is 6. The summed E-state index contributed by atoms with van der Waals surface area (Å²) >= 11 is 7.76. The Hall–Kier alpha value is -0.800. The first-order chi connectivity index (χ1) is 9.29. The molecule has 0 saturated heterocycles. The predicted molar refractivity (Wildman–Crippen MR) is 79.9 cm³/mol. The molecular formula is C15H15ClN2S. The van der Waals surface area contributed by atoms with Gasteiger partial charge in [0, 0.05) is 11.1 Å². The number of nitrogens with zero attached hydrogens (tertiary/aromatic N) is 1. The van der Waals surface area contributed by atoms with E-state index in [4.69, 9.17) is 11.6 Å². The summed E-state index contributed by atoms with van der Waals surface area (Å²) in [5.41, 5.74) is 1.06. The number of hydrogen-bond donors (Lipinski definition) is 1. The van der Waals surface area contributed by atoms with Crippen LogP contribution in [0.2, 0.25) is 5.02 Å². The van der Waals surface area contributed by atoms with Gasteiger partial charge in [-0.2, -0.15) is 0 Å². The molecule has 0 radical (unpaired) electrons. The zero-order valence-electron chi connectivity index (χ0n) is 10.5. The van der Waals surface area contributed by atoms with Gasteiger partial charge in [0.1, 0.15) is 0 Å². The van der Waals surface area contributed by atoms with Gasteiger partial charge in [0.2, 0.25) is 0 Å². The van der Waals surface area contributed by atoms with Gasteiger partial charge >= 0.3 is 0 Å². The summed E-state index contributed by atoms with van der Waals surface area (Å²) in [6.45, 7) is 0. The molecular weight excluding hydrogens is 276 g/mol. The molecule has 1 aromatic carbocycles. The molecule has 2 nitrogen and oxygen atoms in total. The second kappa shape index (κ2) is 3.64. The minimum absolute atomic E-state index is 0.710. The maximum atomic E-state index is 6.03. The molecule has 4 heteroatoms. The average Bonchev–Trinajstić information content (AvgIpc) is 2.79. The van der Waals surface area contributed by atoms with Gasteiger partial charge in [0.05, 0.1) is 10.2 Å². The smallest absolute Gasteiger partial charge is 0.184 e. The molecule has 0 aliphatic heterocycles. The van der Waals surface area contributed by atoms with E-state index in [-0.39, 0.29) is 0 Å². The Kier molecular flexibility index (Phi) is 2.09. The van der Waals surface area contributed by atoms with E-state index in [9.17, 15) is 0 Å². The van der Waals surface area contributed by atoms with Crippen molar-refractivity contribution in [3.05, 3.63) is 23.2 Å². The highest BCUT2D eigenvalue weighted by atomic mass is 35.5. The van der Waals surface area contributed by atoms with Crippen LogP contribution in [0.1, 0.15) is 19.3 Å². The summed E-state index contributed by atoms with van der Waals surface area (Å²) < 4.78 is 1.18. The molecule has 3 aliphatic rings. The van der Waals surface area contributed by atoms with E-state index in [1.807, 2.05) is 18.2 Å². The van der Waals surface area contributed by atoms with Gasteiger partial charge in [-0.1, -0.05) is 22.9 Å². The fraction of sp³-hybridized carbons (Fsp3) is 0.533. The Labute approximate surface area is 121 Å². The highest BCUT2D eigenvalue weighted by molar-refractivity contribution is 7.22. The average molecular weight is 291 g/mol. The molecule has 3 fully saturated rings. The van der Waals surface area contributed by atoms with Crippen LogP contribution < -0.4 is 5.32 Å². The number of anilines is 1. The first-order valence-corrected chi connectivity index (χ1v) is 8.32. The van der Waals surface area contributed by atoms with Crippen LogP contribution in [-0.4, -0.2) is 11.0 Å². The normalized spacial score (nSPS) is 38.7. The van der Waals surface area contributed by atoms with Crippen molar-refractivity contribution < 1.29 is 0 Å². The molecule has 1 N–H and O–H groups in total. The summed E-state index contributed by atoms with van der Waals surface area (Å²) in [5, 5.41) is 5.57. The van der Waals surface area contributed by atoms with Crippen LogP contribution in [0.4, 0.5) is 5.13 Å². The quantitative estimate of drug-likeness (QED) is 0.886. The van der Waals surface area contributed by atoms with Crippen molar-refractivity contribution in [1.82, 2.24) is 4.98 Å². The standard InChI is InChI=1S/C15H15ClN2S/c16-9-3-4-10-11(6-9)19-15(17-10)18-14-12-7-1-2-8(5-7)13(12)14/h3-4,6-8,12-14H,1-2,5H2,(H,17,18). The van der Waals surface area contributed by atoms with Crippen molar-refractivity contribution in [3.8, 4) is 0 Å². The Balaban J connectivity index is 1.41. The van der Waals surface area contributed by atoms with Crippen molar-refractivity contribution in [3.63, 3.8) is 0 Å². The fourth-order valence-corrected chi connectivity index (χ4v) is 5.81. The van der Waals surface area contributed by atoms with Crippen LogP contribution in [-0.2, 0) is 0 Å². The van der Waals surface area contributed by atoms with E-state index < -0.39 is 0 Å². The lowest BCUT2D eigenvalue weighted by atomic mass is 10.0. The third kappa shape index (κ3) is 1.52. The minimum atomic E-state index is 0.710. The van der Waals surface area contributed by atoms with Crippen LogP contribution >= 0.6 is 22.9 Å². The first-order valence-electron chi connectivity index (χ1n) is 7.12. The molecule has 1 aromatic heterocycles.